The summed E-state index contributed by atoms with van der Waals surface area (Å²) in [4.78, 5) is 15.5. The summed E-state index contributed by atoms with van der Waals surface area (Å²) in [6.45, 7) is 4.18. The van der Waals surface area contributed by atoms with E-state index >= 15 is 0 Å². The quantitative estimate of drug-likeness (QED) is 0.672. The summed E-state index contributed by atoms with van der Waals surface area (Å²) in [6, 6.07) is 13.6. The third-order valence-electron chi connectivity index (χ3n) is 4.35. The van der Waals surface area contributed by atoms with Crippen molar-refractivity contribution in [3.05, 3.63) is 75.0 Å². The number of hydrogen-bond acceptors (Lipinski definition) is 3. The van der Waals surface area contributed by atoms with E-state index in [9.17, 15) is 13.2 Å². The summed E-state index contributed by atoms with van der Waals surface area (Å²) in [7, 11) is -3.73. The monoisotopic (exact) mass is 404 g/mol. The van der Waals surface area contributed by atoms with Gasteiger partial charge in [-0.3, -0.25) is 4.79 Å². The van der Waals surface area contributed by atoms with Gasteiger partial charge in [-0.25, -0.2) is 8.42 Å². The molecule has 0 saturated carbocycles. The molecule has 27 heavy (non-hydrogen) atoms. The number of nitrogens with one attached hydrogen (secondary N) is 1. The standard InChI is InChI=1S/C20H21ClN2O3S/c1-3-10-23(27(25,26)18-8-6-17(21)7-9-18)13-16-12-15-5-4-14(2)11-19(15)22-20(16)24/h4-9,11-12H,3,10,13H2,1-2H3,(H,22,24). The van der Waals surface area contributed by atoms with E-state index in [2.05, 4.69) is 4.98 Å². The Morgan fingerprint density at radius 1 is 1.07 bits per heavy atom. The van der Waals surface area contributed by atoms with E-state index in [0.29, 0.717) is 23.6 Å². The van der Waals surface area contributed by atoms with Gasteiger partial charge < -0.3 is 4.98 Å². The molecule has 7 heteroatoms. The molecule has 0 aliphatic heterocycles. The Bertz CT molecular complexity index is 1120. The maximum absolute atomic E-state index is 13.0. The van der Waals surface area contributed by atoms with Crippen LogP contribution in [0.15, 0.2) is 58.2 Å². The molecule has 1 N–H and O–H groups in total. The normalized spacial score (nSPS) is 12.0. The molecule has 0 saturated heterocycles. The zero-order valence-electron chi connectivity index (χ0n) is 15.2. The van der Waals surface area contributed by atoms with Crippen LogP contribution < -0.4 is 5.56 Å². The van der Waals surface area contributed by atoms with E-state index in [1.165, 1.54) is 16.4 Å². The molecular weight excluding hydrogens is 384 g/mol. The van der Waals surface area contributed by atoms with Gasteiger partial charge in [-0.05, 0) is 60.7 Å². The van der Waals surface area contributed by atoms with Crippen LogP contribution in [0, 0.1) is 6.92 Å². The molecule has 0 aliphatic carbocycles. The number of aryl methyl sites for hydroxylation is 1. The smallest absolute Gasteiger partial charge is 0.252 e. The number of aromatic amines is 1. The number of sulfonamides is 1. The number of rotatable bonds is 6. The molecule has 1 heterocycles. The molecule has 3 aromatic rings. The summed E-state index contributed by atoms with van der Waals surface area (Å²) < 4.78 is 27.4. The van der Waals surface area contributed by atoms with Gasteiger partial charge in [-0.1, -0.05) is 30.7 Å². The lowest BCUT2D eigenvalue weighted by atomic mass is 10.1. The molecule has 0 bridgehead atoms. The Balaban J connectivity index is 2.00. The van der Waals surface area contributed by atoms with E-state index in [0.717, 1.165) is 16.5 Å². The second-order valence-corrected chi connectivity index (χ2v) is 8.88. The number of nitrogens with zero attached hydrogens (tertiary/aromatic N) is 1. The molecule has 0 fully saturated rings. The first-order chi connectivity index (χ1) is 12.8. The zero-order valence-corrected chi connectivity index (χ0v) is 16.8. The van der Waals surface area contributed by atoms with Gasteiger partial charge >= 0.3 is 0 Å². The first-order valence-electron chi connectivity index (χ1n) is 8.69. The highest BCUT2D eigenvalue weighted by atomic mass is 35.5. The summed E-state index contributed by atoms with van der Waals surface area (Å²) in [5.74, 6) is 0. The van der Waals surface area contributed by atoms with Crippen LogP contribution in [0.25, 0.3) is 10.9 Å². The number of benzene rings is 2. The molecule has 2 aromatic carbocycles. The van der Waals surface area contributed by atoms with Gasteiger partial charge in [-0.15, -0.1) is 0 Å². The SMILES string of the molecule is CCCN(Cc1cc2ccc(C)cc2[nH]c1=O)S(=O)(=O)c1ccc(Cl)cc1. The van der Waals surface area contributed by atoms with Crippen molar-refractivity contribution in [2.24, 2.45) is 0 Å². The van der Waals surface area contributed by atoms with Crippen LogP contribution in [0.3, 0.4) is 0 Å². The summed E-state index contributed by atoms with van der Waals surface area (Å²) in [5.41, 5.74) is 1.92. The minimum absolute atomic E-state index is 0.0119. The maximum Gasteiger partial charge on any atom is 0.252 e. The van der Waals surface area contributed by atoms with Gasteiger partial charge in [0.15, 0.2) is 0 Å². The fraction of sp³-hybridized carbons (Fsp3) is 0.250. The summed E-state index contributed by atoms with van der Waals surface area (Å²) in [6.07, 6.45) is 0.636. The molecule has 0 amide bonds. The molecule has 0 radical (unpaired) electrons. The molecule has 0 atom stereocenters. The predicted molar refractivity (Wildman–Crippen MR) is 109 cm³/mol. The number of H-pyrrole nitrogens is 1. The lowest BCUT2D eigenvalue weighted by Crippen LogP contribution is -2.33. The average Bonchev–Trinajstić information content (AvgIpc) is 2.62. The van der Waals surface area contributed by atoms with E-state index in [-0.39, 0.29) is 17.0 Å². The van der Waals surface area contributed by atoms with Crippen molar-refractivity contribution in [2.45, 2.75) is 31.7 Å². The van der Waals surface area contributed by atoms with Gasteiger partial charge in [0.1, 0.15) is 0 Å². The fourth-order valence-electron chi connectivity index (χ4n) is 2.96. The number of aromatic nitrogens is 1. The second-order valence-electron chi connectivity index (χ2n) is 6.51. The number of hydrogen-bond donors (Lipinski definition) is 1. The molecule has 0 unspecified atom stereocenters. The third-order valence-corrected chi connectivity index (χ3v) is 6.46. The van der Waals surface area contributed by atoms with Crippen LogP contribution >= 0.6 is 11.6 Å². The highest BCUT2D eigenvalue weighted by Gasteiger charge is 2.25. The lowest BCUT2D eigenvalue weighted by Gasteiger charge is -2.21. The van der Waals surface area contributed by atoms with Crippen LogP contribution in [-0.4, -0.2) is 24.3 Å². The van der Waals surface area contributed by atoms with Crippen molar-refractivity contribution < 1.29 is 8.42 Å². The van der Waals surface area contributed by atoms with E-state index in [1.54, 1.807) is 18.2 Å². The molecule has 0 spiro atoms. The Hall–Kier alpha value is -2.15. The minimum atomic E-state index is -3.73. The van der Waals surface area contributed by atoms with Gasteiger partial charge in [0.25, 0.3) is 5.56 Å². The van der Waals surface area contributed by atoms with Crippen molar-refractivity contribution in [3.8, 4) is 0 Å². The molecule has 3 rings (SSSR count). The minimum Gasteiger partial charge on any atom is -0.322 e. The van der Waals surface area contributed by atoms with Crippen molar-refractivity contribution in [1.29, 1.82) is 0 Å². The predicted octanol–water partition coefficient (Wildman–Crippen LogP) is 4.09. The first-order valence-corrected chi connectivity index (χ1v) is 10.5. The number of halogens is 1. The largest absolute Gasteiger partial charge is 0.322 e. The number of fused-ring (bicyclic) bond motifs is 1. The van der Waals surface area contributed by atoms with Crippen LogP contribution in [0.2, 0.25) is 5.02 Å². The fourth-order valence-corrected chi connectivity index (χ4v) is 4.59. The van der Waals surface area contributed by atoms with Crippen LogP contribution in [0.1, 0.15) is 24.5 Å². The Morgan fingerprint density at radius 3 is 2.44 bits per heavy atom. The van der Waals surface area contributed by atoms with Gasteiger partial charge in [0.2, 0.25) is 10.0 Å². The van der Waals surface area contributed by atoms with Gasteiger partial charge in [0, 0.05) is 29.2 Å². The topological polar surface area (TPSA) is 70.2 Å². The Labute approximate surface area is 163 Å². The van der Waals surface area contributed by atoms with E-state index in [4.69, 9.17) is 11.6 Å². The van der Waals surface area contributed by atoms with Crippen molar-refractivity contribution >= 4 is 32.5 Å². The molecule has 142 valence electrons. The highest BCUT2D eigenvalue weighted by Crippen LogP contribution is 2.21. The summed E-state index contributed by atoms with van der Waals surface area (Å²) in [5, 5.41) is 1.34. The number of pyridine rings is 1. The molecule has 1 aromatic heterocycles. The van der Waals surface area contributed by atoms with Crippen molar-refractivity contribution in [1.82, 2.24) is 9.29 Å². The van der Waals surface area contributed by atoms with Crippen LogP contribution in [-0.2, 0) is 16.6 Å². The third kappa shape index (κ3) is 4.24. The van der Waals surface area contributed by atoms with E-state index in [1.807, 2.05) is 32.0 Å². The second kappa shape index (κ2) is 7.84. The lowest BCUT2D eigenvalue weighted by molar-refractivity contribution is 0.404. The van der Waals surface area contributed by atoms with Crippen molar-refractivity contribution in [2.75, 3.05) is 6.54 Å². The maximum atomic E-state index is 13.0. The highest BCUT2D eigenvalue weighted by molar-refractivity contribution is 7.89. The summed E-state index contributed by atoms with van der Waals surface area (Å²) >= 11 is 5.87. The Kier molecular flexibility index (Phi) is 5.69. The van der Waals surface area contributed by atoms with Crippen LogP contribution in [0.5, 0.6) is 0 Å². The average molecular weight is 405 g/mol. The molecule has 5 nitrogen and oxygen atoms in total. The molecular formula is C20H21ClN2O3S. The first kappa shape index (κ1) is 19.6. The Morgan fingerprint density at radius 2 is 1.78 bits per heavy atom. The molecule has 0 aliphatic rings. The zero-order chi connectivity index (χ0) is 19.6. The van der Waals surface area contributed by atoms with Crippen molar-refractivity contribution in [3.63, 3.8) is 0 Å². The van der Waals surface area contributed by atoms with Crippen LogP contribution in [0.4, 0.5) is 0 Å². The van der Waals surface area contributed by atoms with Gasteiger partial charge in [0.05, 0.1) is 4.90 Å². The van der Waals surface area contributed by atoms with Gasteiger partial charge in [-0.2, -0.15) is 4.31 Å². The van der Waals surface area contributed by atoms with E-state index < -0.39 is 10.0 Å².